The highest BCUT2D eigenvalue weighted by Gasteiger charge is 2.31. The van der Waals surface area contributed by atoms with Crippen LogP contribution in [0.4, 0.5) is 20.7 Å². The van der Waals surface area contributed by atoms with Gasteiger partial charge < -0.3 is 24.4 Å². The van der Waals surface area contributed by atoms with Crippen molar-refractivity contribution in [3.8, 4) is 11.1 Å². The third-order valence-corrected chi connectivity index (χ3v) is 14.2. The summed E-state index contributed by atoms with van der Waals surface area (Å²) in [4.78, 5) is 80.5. The van der Waals surface area contributed by atoms with Crippen LogP contribution in [0, 0.1) is 11.7 Å². The summed E-state index contributed by atoms with van der Waals surface area (Å²) < 4.78 is 22.7. The van der Waals surface area contributed by atoms with Gasteiger partial charge in [-0.3, -0.25) is 39.6 Å². The molecule has 368 valence electrons. The van der Waals surface area contributed by atoms with Crippen LogP contribution < -0.4 is 16.0 Å². The second-order valence-electron chi connectivity index (χ2n) is 20.2. The van der Waals surface area contributed by atoms with E-state index in [2.05, 4.69) is 60.5 Å². The van der Waals surface area contributed by atoms with Crippen molar-refractivity contribution in [3.63, 3.8) is 0 Å². The quantitative estimate of drug-likeness (QED) is 0.116. The van der Waals surface area contributed by atoms with Crippen molar-refractivity contribution in [1.82, 2.24) is 39.5 Å². The number of carbonyl (C=O) groups excluding carboxylic acids is 5. The van der Waals surface area contributed by atoms with Gasteiger partial charge in [-0.15, -0.1) is 0 Å². The Kier molecular flexibility index (Phi) is 14.3. The molecule has 4 aliphatic rings. The molecule has 5 amide bonds. The van der Waals surface area contributed by atoms with Crippen molar-refractivity contribution < 1.29 is 33.1 Å². The number of amides is 5. The Bertz CT molecular complexity index is 2730. The number of piperidine rings is 3. The monoisotopic (exact) mass is 954 g/mol. The zero-order chi connectivity index (χ0) is 49.1. The van der Waals surface area contributed by atoms with E-state index in [1.165, 1.54) is 23.4 Å². The molecule has 4 saturated heterocycles. The highest BCUT2D eigenvalue weighted by Crippen LogP contribution is 2.33. The van der Waals surface area contributed by atoms with Gasteiger partial charge >= 0.3 is 6.09 Å². The third kappa shape index (κ3) is 11.3. The molecule has 16 nitrogen and oxygen atoms in total. The summed E-state index contributed by atoms with van der Waals surface area (Å²) >= 11 is 0. The number of carbonyl (C=O) groups is 5. The van der Waals surface area contributed by atoms with Crippen LogP contribution in [-0.2, 0) is 27.9 Å². The smallest absolute Gasteiger partial charge is 0.413 e. The molecule has 9 rings (SSSR count). The predicted molar refractivity (Wildman–Crippen MR) is 265 cm³/mol. The fourth-order valence-electron chi connectivity index (χ4n) is 10.2. The molecule has 3 N–H and O–H groups in total. The number of anilines is 2. The number of fused-ring (bicyclic) bond motifs is 1. The number of aryl methyl sites for hydroxylation is 1. The van der Waals surface area contributed by atoms with Crippen LogP contribution in [-0.4, -0.2) is 134 Å². The Morgan fingerprint density at radius 1 is 0.800 bits per heavy atom. The number of rotatable bonds is 11. The number of nitrogens with zero attached hydrogens (tertiary/aromatic N) is 7. The summed E-state index contributed by atoms with van der Waals surface area (Å²) in [7, 11) is 2.07. The number of piperazine rings is 1. The summed E-state index contributed by atoms with van der Waals surface area (Å²) in [6.45, 7) is 12.9. The topological polar surface area (TPSA) is 174 Å². The summed E-state index contributed by atoms with van der Waals surface area (Å²) in [5.74, 6) is -0.390. The average Bonchev–Trinajstić information content (AvgIpc) is 3.66. The number of halogens is 1. The van der Waals surface area contributed by atoms with Gasteiger partial charge in [-0.25, -0.2) is 19.2 Å². The van der Waals surface area contributed by atoms with Gasteiger partial charge in [0.25, 0.3) is 11.8 Å². The molecule has 4 fully saturated rings. The number of aromatic nitrogens is 3. The maximum Gasteiger partial charge on any atom is 0.413 e. The zero-order valence-corrected chi connectivity index (χ0v) is 40.5. The van der Waals surface area contributed by atoms with Crippen LogP contribution in [0.5, 0.6) is 0 Å². The summed E-state index contributed by atoms with van der Waals surface area (Å²) in [5.41, 5.74) is 5.83. The molecule has 70 heavy (non-hydrogen) atoms. The van der Waals surface area contributed by atoms with Gasteiger partial charge in [-0.1, -0.05) is 12.1 Å². The summed E-state index contributed by atoms with van der Waals surface area (Å²) in [5, 5.41) is 8.99. The van der Waals surface area contributed by atoms with E-state index in [1.807, 2.05) is 56.1 Å². The van der Waals surface area contributed by atoms with Gasteiger partial charge in [0.15, 0.2) is 0 Å². The number of hydrogen-bond acceptors (Lipinski definition) is 11. The van der Waals surface area contributed by atoms with Gasteiger partial charge in [0.2, 0.25) is 11.8 Å². The highest BCUT2D eigenvalue weighted by molar-refractivity contribution is 6.01. The zero-order valence-electron chi connectivity index (χ0n) is 40.5. The Morgan fingerprint density at radius 3 is 2.20 bits per heavy atom. The van der Waals surface area contributed by atoms with Gasteiger partial charge in [0.1, 0.15) is 28.9 Å². The minimum absolute atomic E-state index is 0.00530. The number of hydrogen-bond donors (Lipinski definition) is 3. The number of pyridine rings is 2. The molecule has 0 spiro atoms. The van der Waals surface area contributed by atoms with Gasteiger partial charge in [-0.2, -0.15) is 0 Å². The van der Waals surface area contributed by atoms with Crippen LogP contribution in [0.2, 0.25) is 0 Å². The third-order valence-electron chi connectivity index (χ3n) is 14.2. The second kappa shape index (κ2) is 20.7. The number of benzene rings is 2. The molecule has 0 aliphatic carbocycles. The van der Waals surface area contributed by atoms with Crippen molar-refractivity contribution >= 4 is 52.3 Å². The molecule has 5 aromatic rings. The van der Waals surface area contributed by atoms with E-state index in [0.29, 0.717) is 69.0 Å². The highest BCUT2D eigenvalue weighted by atomic mass is 19.1. The van der Waals surface area contributed by atoms with Crippen molar-refractivity contribution in [2.45, 2.75) is 83.4 Å². The van der Waals surface area contributed by atoms with E-state index >= 15 is 4.39 Å². The first kappa shape index (κ1) is 48.3. The maximum absolute atomic E-state index is 15.1. The number of nitrogens with one attached hydrogen (secondary N) is 3. The lowest BCUT2D eigenvalue weighted by atomic mass is 9.88. The summed E-state index contributed by atoms with van der Waals surface area (Å²) in [6, 6.07) is 19.9. The Morgan fingerprint density at radius 2 is 1.53 bits per heavy atom. The second-order valence-corrected chi connectivity index (χ2v) is 20.2. The first-order chi connectivity index (χ1) is 33.6. The molecule has 17 heteroatoms. The molecule has 0 saturated carbocycles. The largest absolute Gasteiger partial charge is 0.444 e. The van der Waals surface area contributed by atoms with E-state index in [-0.39, 0.29) is 29.7 Å². The molecule has 1 unspecified atom stereocenters. The van der Waals surface area contributed by atoms with Crippen LogP contribution in [0.25, 0.3) is 22.2 Å². The van der Waals surface area contributed by atoms with E-state index < -0.39 is 29.5 Å². The van der Waals surface area contributed by atoms with Gasteiger partial charge in [0, 0.05) is 106 Å². The van der Waals surface area contributed by atoms with Gasteiger partial charge in [-0.05, 0) is 144 Å². The Balaban J connectivity index is 0.700. The molecule has 7 heterocycles. The first-order valence-corrected chi connectivity index (χ1v) is 24.6. The van der Waals surface area contributed by atoms with Crippen molar-refractivity contribution in [3.05, 3.63) is 107 Å². The standard InChI is InChI=1S/C53H63FN10O6/c1-53(2,3)70-52(69)58-46-13-9-38(31-56-46)41-15-20-55-48-43(41)30-40(60(48)4)33-61-21-18-36(19-22-61)35-5-7-37(8-6-35)50(67)63-23-16-34(17-24-63)32-62-25-27-64(28-26-62)51(68)42-11-10-39(29-44(42)54)57-45-12-14-47(65)59-49(45)66/h5-11,13,15,20,29-31,34,36,45,57H,12,14,16-19,21-28,32-33H2,1-4H3,(H,56,58,69)(H,59,65,66). The normalized spacial score (nSPS) is 19.0. The number of imide groups is 1. The number of likely N-dealkylation sites (tertiary alicyclic amines) is 2. The molecular formula is C53H63FN10O6. The van der Waals surface area contributed by atoms with E-state index in [1.54, 1.807) is 23.2 Å². The van der Waals surface area contributed by atoms with Gasteiger partial charge in [0.05, 0.1) is 5.56 Å². The lowest BCUT2D eigenvalue weighted by Crippen LogP contribution is -2.50. The summed E-state index contributed by atoms with van der Waals surface area (Å²) in [6.07, 6.45) is 7.48. The van der Waals surface area contributed by atoms with Crippen molar-refractivity contribution in [2.75, 3.05) is 69.5 Å². The van der Waals surface area contributed by atoms with Crippen molar-refractivity contribution in [2.24, 2.45) is 13.0 Å². The fraction of sp³-hybridized carbons (Fsp3) is 0.453. The maximum atomic E-state index is 15.1. The molecule has 0 radical (unpaired) electrons. The van der Waals surface area contributed by atoms with E-state index in [4.69, 9.17) is 9.72 Å². The lowest BCUT2D eigenvalue weighted by Gasteiger charge is -2.39. The molecule has 1 atom stereocenters. The Labute approximate surface area is 407 Å². The van der Waals surface area contributed by atoms with Crippen LogP contribution >= 0.6 is 0 Å². The average molecular weight is 955 g/mol. The minimum Gasteiger partial charge on any atom is -0.444 e. The molecule has 2 aromatic carbocycles. The van der Waals surface area contributed by atoms with Crippen LogP contribution in [0.15, 0.2) is 79.1 Å². The van der Waals surface area contributed by atoms with Crippen LogP contribution in [0.1, 0.15) is 97.2 Å². The molecule has 0 bridgehead atoms. The minimum atomic E-state index is -0.654. The van der Waals surface area contributed by atoms with E-state index in [9.17, 15) is 24.0 Å². The van der Waals surface area contributed by atoms with Crippen LogP contribution in [0.3, 0.4) is 0 Å². The first-order valence-electron chi connectivity index (χ1n) is 24.6. The fourth-order valence-corrected chi connectivity index (χ4v) is 10.2. The predicted octanol–water partition coefficient (Wildman–Crippen LogP) is 7.03. The van der Waals surface area contributed by atoms with Crippen molar-refractivity contribution in [1.29, 1.82) is 0 Å². The van der Waals surface area contributed by atoms with E-state index in [0.717, 1.165) is 79.6 Å². The Hall–Kier alpha value is -6.72. The SMILES string of the molecule is Cn1c(CN2CCC(c3ccc(C(=O)N4CCC(CN5CCN(C(=O)c6ccc(NC7CCC(=O)NC7=O)cc6F)CC5)CC4)cc3)CC2)cc2c(-c3ccc(NC(=O)OC(C)(C)C)nc3)ccnc21. The number of ether oxygens (including phenoxy) is 1. The lowest BCUT2D eigenvalue weighted by molar-refractivity contribution is -0.133. The molecule has 3 aromatic heterocycles. The molecular weight excluding hydrogens is 892 g/mol. The molecule has 4 aliphatic heterocycles.